The Balaban J connectivity index is 0.000000184. The number of methoxy groups -OCH3 is 1. The first-order chi connectivity index (χ1) is 55.7. The second kappa shape index (κ2) is 45.0. The number of nitrogens with zero attached hydrogens (tertiary/aromatic N) is 5. The molecule has 2 aliphatic rings. The van der Waals surface area contributed by atoms with Crippen LogP contribution in [0.5, 0.6) is 5.75 Å². The molecule has 0 radical (unpaired) electrons. The molecule has 0 spiro atoms. The molecule has 17 nitrogen and oxygen atoms in total. The van der Waals surface area contributed by atoms with Gasteiger partial charge in [-0.15, -0.1) is 0 Å². The monoisotopic (exact) mass is 1600 g/mol. The summed E-state index contributed by atoms with van der Waals surface area (Å²) in [5.41, 5.74) is 7.51. The van der Waals surface area contributed by atoms with Crippen molar-refractivity contribution in [3.05, 3.63) is 338 Å². The van der Waals surface area contributed by atoms with Gasteiger partial charge in [-0.2, -0.15) is 0 Å². The van der Waals surface area contributed by atoms with Crippen molar-refractivity contribution < 1.29 is 75.7 Å². The highest BCUT2D eigenvalue weighted by molar-refractivity contribution is 6.30. The predicted octanol–water partition coefficient (Wildman–Crippen LogP) is 14.6. The SMILES string of the molecule is COC[C@H]1CCCN1C(=O)c1cc(C)cc(C(=O)NC(Cc2cc(F)cc(F)c2)[C@H](O)C2C[C@@H](OCCCO)CCN2)c1.OCCCOc1ccnc([C@@H](O)[C@H](Cc2cc(F)cc(F)c2)N(Cc2ccccc2)Cc2ccccc2)c1.O[C@H](c1cc(Cl)ccn1)[C@H](Cc1cc(F)cc(F)c1)N(Cc1ccccc1)Cc1ccccc1. The number of hydrogen-bond donors (Lipinski definition) is 7. The number of ether oxygens (including phenoxy) is 3. The van der Waals surface area contributed by atoms with Gasteiger partial charge in [0.05, 0.1) is 48.9 Å². The lowest BCUT2D eigenvalue weighted by Gasteiger charge is -2.37. The zero-order valence-electron chi connectivity index (χ0n) is 64.4. The minimum Gasteiger partial charge on any atom is -0.493 e. The van der Waals surface area contributed by atoms with Gasteiger partial charge in [0.2, 0.25) is 0 Å². The van der Waals surface area contributed by atoms with Crippen molar-refractivity contribution in [2.75, 3.05) is 53.2 Å². The molecule has 2 fully saturated rings. The minimum absolute atomic E-state index is 0.0146. The number of benzene rings is 8. The first-order valence-corrected chi connectivity index (χ1v) is 39.1. The summed E-state index contributed by atoms with van der Waals surface area (Å²) in [5, 5.41) is 59.4. The Bertz CT molecular complexity index is 4510. The van der Waals surface area contributed by atoms with E-state index in [4.69, 9.17) is 36.0 Å². The van der Waals surface area contributed by atoms with Gasteiger partial charge in [-0.1, -0.05) is 133 Å². The Morgan fingerprint density at radius 3 is 1.48 bits per heavy atom. The summed E-state index contributed by atoms with van der Waals surface area (Å²) < 4.78 is 101. The second-order valence-electron chi connectivity index (χ2n) is 29.0. The number of nitrogens with one attached hydrogen (secondary N) is 2. The molecule has 2 aliphatic heterocycles. The normalized spacial score (nSPS) is 16.3. The number of rotatable bonds is 35. The van der Waals surface area contributed by atoms with E-state index in [2.05, 4.69) is 30.4 Å². The Kier molecular flexibility index (Phi) is 34.3. The van der Waals surface area contributed by atoms with Crippen LogP contribution in [0.15, 0.2) is 231 Å². The van der Waals surface area contributed by atoms with Crippen molar-refractivity contribution in [1.29, 1.82) is 0 Å². The topological polar surface area (TPSA) is 223 Å². The number of aliphatic hydroxyl groups is 5. The third-order valence-electron chi connectivity index (χ3n) is 20.1. The number of likely N-dealkylation sites (tertiary alicyclic amines) is 1. The van der Waals surface area contributed by atoms with Crippen molar-refractivity contribution in [3.63, 3.8) is 0 Å². The zero-order chi connectivity index (χ0) is 81.6. The summed E-state index contributed by atoms with van der Waals surface area (Å²) in [7, 11) is 1.60. The first-order valence-electron chi connectivity index (χ1n) is 38.7. The number of carbonyl (C=O) groups excluding carboxylic acids is 2. The molecule has 2 amide bonds. The number of aromatic nitrogens is 2. The van der Waals surface area contributed by atoms with Gasteiger partial charge in [-0.05, 0) is 182 Å². The van der Waals surface area contributed by atoms with Crippen LogP contribution in [0.4, 0.5) is 26.3 Å². The maximum atomic E-state index is 14.1. The van der Waals surface area contributed by atoms with Gasteiger partial charge in [0, 0.05) is 137 Å². The summed E-state index contributed by atoms with van der Waals surface area (Å²) in [5.74, 6) is -4.30. The molecule has 0 saturated carbocycles. The number of amides is 2. The number of piperidine rings is 1. The molecular weight excluding hydrogens is 1500 g/mol. The molecular formula is C91H100ClF6N7O10. The van der Waals surface area contributed by atoms with E-state index in [1.807, 2.05) is 121 Å². The molecule has 0 aliphatic carbocycles. The lowest BCUT2D eigenvalue weighted by atomic mass is 9.90. The Labute approximate surface area is 673 Å². The van der Waals surface area contributed by atoms with E-state index >= 15 is 0 Å². The van der Waals surface area contributed by atoms with Gasteiger partial charge in [-0.3, -0.25) is 29.4 Å². The number of carbonyl (C=O) groups is 2. The average Bonchev–Trinajstić information content (AvgIpc) is 1.80. The van der Waals surface area contributed by atoms with Crippen molar-refractivity contribution >= 4 is 23.4 Å². The molecule has 2 unspecified atom stereocenters. The molecule has 10 aromatic rings. The lowest BCUT2D eigenvalue weighted by molar-refractivity contribution is -0.0113. The van der Waals surface area contributed by atoms with E-state index in [9.17, 15) is 51.3 Å². The van der Waals surface area contributed by atoms with Gasteiger partial charge in [0.1, 0.15) is 52.9 Å². The number of aryl methyl sites for hydroxylation is 1. The fourth-order valence-electron chi connectivity index (χ4n) is 14.7. The number of halogens is 7. The maximum absolute atomic E-state index is 14.1. The summed E-state index contributed by atoms with van der Waals surface area (Å²) >= 11 is 6.17. The van der Waals surface area contributed by atoms with Crippen LogP contribution >= 0.6 is 11.6 Å². The predicted molar refractivity (Wildman–Crippen MR) is 429 cm³/mol. The highest BCUT2D eigenvalue weighted by atomic mass is 35.5. The molecule has 0 bridgehead atoms. The van der Waals surface area contributed by atoms with Crippen molar-refractivity contribution in [1.82, 2.24) is 35.3 Å². The van der Waals surface area contributed by atoms with E-state index in [-0.39, 0.29) is 61.7 Å². The van der Waals surface area contributed by atoms with E-state index < -0.39 is 83.3 Å². The van der Waals surface area contributed by atoms with Crippen LogP contribution in [0, 0.1) is 41.8 Å². The van der Waals surface area contributed by atoms with Crippen LogP contribution in [-0.4, -0.2) is 158 Å². The Hall–Kier alpha value is -9.73. The molecule has 2 aromatic heterocycles. The van der Waals surface area contributed by atoms with E-state index in [1.165, 1.54) is 36.4 Å². The lowest BCUT2D eigenvalue weighted by Crippen LogP contribution is -2.57. The summed E-state index contributed by atoms with van der Waals surface area (Å²) in [6.45, 7) is 6.23. The molecule has 115 heavy (non-hydrogen) atoms. The number of aliphatic hydroxyl groups excluding tert-OH is 5. The van der Waals surface area contributed by atoms with E-state index in [1.54, 1.807) is 73.8 Å². The standard InChI is InChI=1S/C32H43F2N3O6.C31H32F2N2O3.C28H25ClF2N2O/c1-20-11-22(16-23(12-20)32(41)37-8-3-5-26(37)19-42-2)31(40)36-29(15-21-13-24(33)17-25(34)14-21)30(39)28-18-27(6-7-35-28)43-10-4-9-38;32-26-16-25(17-27(33)19-26)18-30(31(37)29-20-28(12-13-34-29)38-15-7-14-36)35(21-23-8-3-1-4-9-23)22-24-10-5-2-6-11-24;29-23-11-12-32-26(16-23)28(34)27(15-22-13-24(30)17-25(31)14-22)33(18-20-7-3-1-4-8-20)19-21-9-5-2-6-10-21/h11-14,16-17,26-30,35,38-39H,3-10,15,18-19H2,1-2H3,(H,36,40);1-6,8-13,16-17,19-20,30-31,36-37H,7,14-15,18,21-22H2;1-14,16-17,27-28,34H,15,18-19H2/t26-,27+,28?,29?,30-;30-,31+;27-,28+/m100/s1. The van der Waals surface area contributed by atoms with Crippen molar-refractivity contribution in [3.8, 4) is 5.75 Å². The molecule has 2 saturated heterocycles. The van der Waals surface area contributed by atoms with Crippen molar-refractivity contribution in [2.45, 2.75) is 146 Å². The fourth-order valence-corrected chi connectivity index (χ4v) is 14.8. The van der Waals surface area contributed by atoms with Crippen molar-refractivity contribution in [2.24, 2.45) is 0 Å². The third-order valence-corrected chi connectivity index (χ3v) is 20.4. The Morgan fingerprint density at radius 2 is 1.01 bits per heavy atom. The third kappa shape index (κ3) is 27.5. The van der Waals surface area contributed by atoms with Crippen LogP contribution in [0.25, 0.3) is 0 Å². The molecule has 12 rings (SSSR count). The van der Waals surface area contributed by atoms with Crippen LogP contribution < -0.4 is 15.4 Å². The summed E-state index contributed by atoms with van der Waals surface area (Å²) in [4.78, 5) is 41.8. The van der Waals surface area contributed by atoms with Crippen LogP contribution in [0.1, 0.15) is 127 Å². The molecule has 8 aromatic carbocycles. The molecule has 24 heteroatoms. The molecule has 7 N–H and O–H groups in total. The minimum atomic E-state index is -1.12. The zero-order valence-corrected chi connectivity index (χ0v) is 65.2. The summed E-state index contributed by atoms with van der Waals surface area (Å²) in [6.07, 6.45) is 3.97. The Morgan fingerprint density at radius 1 is 0.557 bits per heavy atom. The fraction of sp³-hybridized carbons (Fsp3) is 0.341. The number of pyridine rings is 2. The average molecular weight is 1600 g/mol. The van der Waals surface area contributed by atoms with Gasteiger partial charge < -0.3 is 55.3 Å². The molecule has 608 valence electrons. The van der Waals surface area contributed by atoms with Gasteiger partial charge in [0.15, 0.2) is 0 Å². The largest absolute Gasteiger partial charge is 0.493 e. The van der Waals surface area contributed by atoms with Crippen LogP contribution in [-0.2, 0) is 54.9 Å². The number of hydrogen-bond acceptors (Lipinski definition) is 15. The van der Waals surface area contributed by atoms with E-state index in [0.717, 1.165) is 65.3 Å². The van der Waals surface area contributed by atoms with Gasteiger partial charge in [0.25, 0.3) is 11.8 Å². The van der Waals surface area contributed by atoms with Gasteiger partial charge >= 0.3 is 0 Å². The highest BCUT2D eigenvalue weighted by Gasteiger charge is 2.37. The maximum Gasteiger partial charge on any atom is 0.254 e. The molecule has 4 heterocycles. The molecule has 9 atom stereocenters. The van der Waals surface area contributed by atoms with Crippen LogP contribution in [0.3, 0.4) is 0 Å². The quantitative estimate of drug-likeness (QED) is 0.0145. The summed E-state index contributed by atoms with van der Waals surface area (Å²) in [6, 6.07) is 58.6. The second-order valence-corrected chi connectivity index (χ2v) is 29.5. The first kappa shape index (κ1) is 87.7. The smallest absolute Gasteiger partial charge is 0.254 e. The highest BCUT2D eigenvalue weighted by Crippen LogP contribution is 2.33. The van der Waals surface area contributed by atoms with Crippen LogP contribution in [0.2, 0.25) is 5.02 Å². The van der Waals surface area contributed by atoms with E-state index in [0.29, 0.717) is 117 Å². The van der Waals surface area contributed by atoms with Gasteiger partial charge in [-0.25, -0.2) is 26.3 Å².